The topological polar surface area (TPSA) is 55.6 Å². The Kier molecular flexibility index (Phi) is 4.43. The maximum atomic E-state index is 12.4. The van der Waals surface area contributed by atoms with Crippen LogP contribution in [0.1, 0.15) is 37.0 Å². The minimum atomic E-state index is 0.0856. The molecular formula is C15H22N2O2. The van der Waals surface area contributed by atoms with Gasteiger partial charge in [0.25, 0.3) is 5.91 Å². The van der Waals surface area contributed by atoms with Crippen molar-refractivity contribution in [3.8, 4) is 5.75 Å². The fourth-order valence-corrected chi connectivity index (χ4v) is 2.54. The van der Waals surface area contributed by atoms with Gasteiger partial charge in [-0.3, -0.25) is 4.79 Å². The zero-order chi connectivity index (χ0) is 13.8. The highest BCUT2D eigenvalue weighted by atomic mass is 16.5. The molecule has 19 heavy (non-hydrogen) atoms. The van der Waals surface area contributed by atoms with Crippen molar-refractivity contribution in [1.82, 2.24) is 4.90 Å². The smallest absolute Gasteiger partial charge is 0.254 e. The van der Waals surface area contributed by atoms with Crippen LogP contribution in [-0.4, -0.2) is 36.0 Å². The van der Waals surface area contributed by atoms with Gasteiger partial charge in [0.1, 0.15) is 5.75 Å². The quantitative estimate of drug-likeness (QED) is 0.907. The Bertz CT molecular complexity index is 430. The third kappa shape index (κ3) is 3.26. The molecule has 0 bridgehead atoms. The standard InChI is InChI=1S/C15H22N2O2/c1-3-19-14-6-4-12(5-7-14)15(18)17-9-8-13(16)10-11(17)2/h4-7,11,13H,3,8-10,16H2,1-2H3. The van der Waals surface area contributed by atoms with Gasteiger partial charge in [0.15, 0.2) is 0 Å². The number of piperidine rings is 1. The number of rotatable bonds is 3. The summed E-state index contributed by atoms with van der Waals surface area (Å²) in [5.41, 5.74) is 6.64. The van der Waals surface area contributed by atoms with Crippen LogP contribution in [0, 0.1) is 0 Å². The first-order valence-electron chi connectivity index (χ1n) is 6.91. The van der Waals surface area contributed by atoms with Gasteiger partial charge in [0.2, 0.25) is 0 Å². The summed E-state index contributed by atoms with van der Waals surface area (Å²) in [7, 11) is 0. The molecule has 1 aromatic carbocycles. The summed E-state index contributed by atoms with van der Waals surface area (Å²) in [6.45, 7) is 5.38. The van der Waals surface area contributed by atoms with E-state index >= 15 is 0 Å². The van der Waals surface area contributed by atoms with E-state index in [1.165, 1.54) is 0 Å². The van der Waals surface area contributed by atoms with Crippen LogP contribution in [-0.2, 0) is 0 Å². The average Bonchev–Trinajstić information content (AvgIpc) is 2.39. The summed E-state index contributed by atoms with van der Waals surface area (Å²) in [5.74, 6) is 0.884. The van der Waals surface area contributed by atoms with Crippen molar-refractivity contribution in [2.24, 2.45) is 5.73 Å². The van der Waals surface area contributed by atoms with Gasteiger partial charge in [-0.25, -0.2) is 0 Å². The number of ether oxygens (including phenoxy) is 1. The SMILES string of the molecule is CCOc1ccc(C(=O)N2CCC(N)CC2C)cc1. The molecule has 4 nitrogen and oxygen atoms in total. The monoisotopic (exact) mass is 262 g/mol. The number of likely N-dealkylation sites (tertiary alicyclic amines) is 1. The first-order chi connectivity index (χ1) is 9.11. The Hall–Kier alpha value is -1.55. The average molecular weight is 262 g/mol. The largest absolute Gasteiger partial charge is 0.494 e. The van der Waals surface area contributed by atoms with E-state index in [0.29, 0.717) is 12.2 Å². The summed E-state index contributed by atoms with van der Waals surface area (Å²) >= 11 is 0. The van der Waals surface area contributed by atoms with E-state index in [1.807, 2.05) is 36.1 Å². The van der Waals surface area contributed by atoms with E-state index < -0.39 is 0 Å². The van der Waals surface area contributed by atoms with Crippen LogP contribution < -0.4 is 10.5 Å². The van der Waals surface area contributed by atoms with Crippen LogP contribution in [0.25, 0.3) is 0 Å². The number of nitrogens with two attached hydrogens (primary N) is 1. The molecule has 1 fully saturated rings. The summed E-state index contributed by atoms with van der Waals surface area (Å²) in [6, 6.07) is 7.78. The molecule has 0 spiro atoms. The lowest BCUT2D eigenvalue weighted by Crippen LogP contribution is -2.48. The van der Waals surface area contributed by atoms with Crippen LogP contribution in [0.5, 0.6) is 5.75 Å². The molecule has 0 aliphatic carbocycles. The summed E-state index contributed by atoms with van der Waals surface area (Å²) in [6.07, 6.45) is 1.76. The lowest BCUT2D eigenvalue weighted by Gasteiger charge is -2.36. The van der Waals surface area contributed by atoms with Gasteiger partial charge in [-0.2, -0.15) is 0 Å². The number of benzene rings is 1. The van der Waals surface area contributed by atoms with Gasteiger partial charge in [0, 0.05) is 24.2 Å². The number of amides is 1. The Morgan fingerprint density at radius 3 is 2.68 bits per heavy atom. The predicted octanol–water partition coefficient (Wildman–Crippen LogP) is 2.04. The molecule has 1 aromatic rings. The lowest BCUT2D eigenvalue weighted by atomic mass is 9.98. The summed E-state index contributed by atoms with van der Waals surface area (Å²) in [5, 5.41) is 0. The van der Waals surface area contributed by atoms with Gasteiger partial charge in [0.05, 0.1) is 6.61 Å². The molecule has 4 heteroatoms. The number of carbonyl (C=O) groups is 1. The normalized spacial score (nSPS) is 23.2. The molecule has 0 aromatic heterocycles. The second kappa shape index (κ2) is 6.06. The van der Waals surface area contributed by atoms with E-state index in [0.717, 1.165) is 25.1 Å². The second-order valence-electron chi connectivity index (χ2n) is 5.09. The Balaban J connectivity index is 2.06. The molecule has 1 aliphatic rings. The van der Waals surface area contributed by atoms with E-state index in [9.17, 15) is 4.79 Å². The van der Waals surface area contributed by atoms with Crippen LogP contribution in [0.15, 0.2) is 24.3 Å². The zero-order valence-electron chi connectivity index (χ0n) is 11.6. The van der Waals surface area contributed by atoms with E-state index in [-0.39, 0.29) is 18.0 Å². The van der Waals surface area contributed by atoms with Crippen LogP contribution >= 0.6 is 0 Å². The number of nitrogens with zero attached hydrogens (tertiary/aromatic N) is 1. The van der Waals surface area contributed by atoms with Crippen LogP contribution in [0.2, 0.25) is 0 Å². The van der Waals surface area contributed by atoms with Crippen molar-refractivity contribution in [1.29, 1.82) is 0 Å². The van der Waals surface area contributed by atoms with Gasteiger partial charge in [-0.15, -0.1) is 0 Å². The molecule has 104 valence electrons. The number of hydrogen-bond donors (Lipinski definition) is 1. The Morgan fingerprint density at radius 1 is 1.42 bits per heavy atom. The third-order valence-electron chi connectivity index (χ3n) is 3.59. The summed E-state index contributed by atoms with van der Waals surface area (Å²) < 4.78 is 5.38. The molecular weight excluding hydrogens is 240 g/mol. The Labute approximate surface area is 114 Å². The predicted molar refractivity (Wildman–Crippen MR) is 75.3 cm³/mol. The van der Waals surface area contributed by atoms with Crippen molar-refractivity contribution in [3.05, 3.63) is 29.8 Å². The first-order valence-corrected chi connectivity index (χ1v) is 6.91. The third-order valence-corrected chi connectivity index (χ3v) is 3.59. The highest BCUT2D eigenvalue weighted by Crippen LogP contribution is 2.20. The highest BCUT2D eigenvalue weighted by molar-refractivity contribution is 5.94. The van der Waals surface area contributed by atoms with Crippen molar-refractivity contribution in [2.75, 3.05) is 13.2 Å². The molecule has 2 unspecified atom stereocenters. The minimum absolute atomic E-state index is 0.0856. The van der Waals surface area contributed by atoms with E-state index in [4.69, 9.17) is 10.5 Å². The maximum Gasteiger partial charge on any atom is 0.254 e. The van der Waals surface area contributed by atoms with E-state index in [2.05, 4.69) is 6.92 Å². The van der Waals surface area contributed by atoms with E-state index in [1.54, 1.807) is 0 Å². The van der Waals surface area contributed by atoms with Crippen molar-refractivity contribution >= 4 is 5.91 Å². The molecule has 1 aliphatic heterocycles. The highest BCUT2D eigenvalue weighted by Gasteiger charge is 2.27. The molecule has 0 radical (unpaired) electrons. The second-order valence-corrected chi connectivity index (χ2v) is 5.09. The molecule has 2 N–H and O–H groups in total. The molecule has 2 atom stereocenters. The van der Waals surface area contributed by atoms with Gasteiger partial charge < -0.3 is 15.4 Å². The molecule has 1 heterocycles. The van der Waals surface area contributed by atoms with Crippen molar-refractivity contribution < 1.29 is 9.53 Å². The van der Waals surface area contributed by atoms with Crippen LogP contribution in [0.4, 0.5) is 0 Å². The molecule has 1 saturated heterocycles. The zero-order valence-corrected chi connectivity index (χ0v) is 11.6. The minimum Gasteiger partial charge on any atom is -0.494 e. The van der Waals surface area contributed by atoms with Gasteiger partial charge in [-0.05, 0) is 51.0 Å². The molecule has 0 saturated carbocycles. The molecule has 2 rings (SSSR count). The van der Waals surface area contributed by atoms with Gasteiger partial charge in [-0.1, -0.05) is 0 Å². The molecule has 1 amide bonds. The summed E-state index contributed by atoms with van der Waals surface area (Å²) in [4.78, 5) is 14.3. The van der Waals surface area contributed by atoms with Crippen molar-refractivity contribution in [3.63, 3.8) is 0 Å². The number of hydrogen-bond acceptors (Lipinski definition) is 3. The maximum absolute atomic E-state index is 12.4. The first kappa shape index (κ1) is 13.9. The van der Waals surface area contributed by atoms with Crippen molar-refractivity contribution in [2.45, 2.75) is 38.8 Å². The fourth-order valence-electron chi connectivity index (χ4n) is 2.54. The lowest BCUT2D eigenvalue weighted by molar-refractivity contribution is 0.0619. The van der Waals surface area contributed by atoms with Gasteiger partial charge >= 0.3 is 0 Å². The van der Waals surface area contributed by atoms with Crippen LogP contribution in [0.3, 0.4) is 0 Å². The Morgan fingerprint density at radius 2 is 2.11 bits per heavy atom. The fraction of sp³-hybridized carbons (Fsp3) is 0.533. The number of carbonyl (C=O) groups excluding carboxylic acids is 1.